The Balaban J connectivity index is 0.00000208. The molecule has 0 saturated carbocycles. The second-order valence-corrected chi connectivity index (χ2v) is 5.32. The Hall–Kier alpha value is -2.60. The molecule has 2 N–H and O–H groups in total. The molecule has 2 amide bonds. The number of fused-ring (bicyclic) bond motifs is 1. The molecule has 126 valence electrons. The number of ether oxygens (including phenoxy) is 1. The van der Waals surface area contributed by atoms with E-state index in [1.165, 1.54) is 0 Å². The van der Waals surface area contributed by atoms with E-state index in [4.69, 9.17) is 4.74 Å². The highest BCUT2D eigenvalue weighted by Gasteiger charge is 2.23. The molecule has 0 radical (unpaired) electrons. The van der Waals surface area contributed by atoms with Crippen LogP contribution in [-0.4, -0.2) is 29.4 Å². The van der Waals surface area contributed by atoms with Gasteiger partial charge in [-0.2, -0.15) is 0 Å². The number of amides is 2. The van der Waals surface area contributed by atoms with Crippen LogP contribution in [0.3, 0.4) is 0 Å². The van der Waals surface area contributed by atoms with Crippen LogP contribution in [0.15, 0.2) is 42.7 Å². The first-order valence-electron chi connectivity index (χ1n) is 7.42. The molecule has 1 atom stereocenters. The Morgan fingerprint density at radius 3 is 2.79 bits per heavy atom. The van der Waals surface area contributed by atoms with E-state index in [0.29, 0.717) is 30.0 Å². The van der Waals surface area contributed by atoms with E-state index in [2.05, 4.69) is 15.6 Å². The first-order valence-corrected chi connectivity index (χ1v) is 7.42. The van der Waals surface area contributed by atoms with Gasteiger partial charge >= 0.3 is 0 Å². The molecule has 1 unspecified atom stereocenters. The first kappa shape index (κ1) is 17.7. The standard InChI is InChI=1S/C17H17N3O3.ClH/c1-11-16(21)20-14-10-12(2-3-15(14)23-11)4-9-19-17(22)13-5-7-18-8-6-13;/h2-3,5-8,10-11H,4,9H2,1H3,(H,19,22)(H,20,21);1H. The number of aromatic nitrogens is 1. The zero-order chi connectivity index (χ0) is 16.2. The Bertz CT molecular complexity index is 737. The topological polar surface area (TPSA) is 80.3 Å². The largest absolute Gasteiger partial charge is 0.479 e. The van der Waals surface area contributed by atoms with Gasteiger partial charge < -0.3 is 15.4 Å². The van der Waals surface area contributed by atoms with Gasteiger partial charge in [-0.15, -0.1) is 12.4 Å². The van der Waals surface area contributed by atoms with Gasteiger partial charge in [0.05, 0.1) is 5.69 Å². The third-order valence-corrected chi connectivity index (χ3v) is 3.62. The number of carbonyl (C=O) groups is 2. The molecule has 3 rings (SSSR count). The van der Waals surface area contributed by atoms with E-state index < -0.39 is 6.10 Å². The van der Waals surface area contributed by atoms with Crippen LogP contribution in [0.25, 0.3) is 0 Å². The summed E-state index contributed by atoms with van der Waals surface area (Å²) >= 11 is 0. The summed E-state index contributed by atoms with van der Waals surface area (Å²) < 4.78 is 5.51. The quantitative estimate of drug-likeness (QED) is 0.888. The number of nitrogens with zero attached hydrogens (tertiary/aromatic N) is 1. The minimum atomic E-state index is -0.479. The molecule has 1 aromatic carbocycles. The minimum absolute atomic E-state index is 0. The fraction of sp³-hybridized carbons (Fsp3) is 0.235. The van der Waals surface area contributed by atoms with Gasteiger partial charge in [-0.3, -0.25) is 14.6 Å². The lowest BCUT2D eigenvalue weighted by Crippen LogP contribution is -2.34. The maximum atomic E-state index is 11.9. The molecule has 0 spiro atoms. The van der Waals surface area contributed by atoms with Crippen LogP contribution in [-0.2, 0) is 11.2 Å². The number of hydrogen-bond donors (Lipinski definition) is 2. The predicted octanol–water partition coefficient (Wildman–Crippen LogP) is 2.20. The Morgan fingerprint density at radius 1 is 1.29 bits per heavy atom. The molecule has 0 aliphatic carbocycles. The van der Waals surface area contributed by atoms with Gasteiger partial charge in [-0.25, -0.2) is 0 Å². The zero-order valence-electron chi connectivity index (χ0n) is 13.1. The summed E-state index contributed by atoms with van der Waals surface area (Å²) in [6, 6.07) is 8.98. The molecular weight excluding hydrogens is 330 g/mol. The van der Waals surface area contributed by atoms with Crippen molar-refractivity contribution in [2.45, 2.75) is 19.4 Å². The molecule has 0 bridgehead atoms. The second-order valence-electron chi connectivity index (χ2n) is 5.32. The van der Waals surface area contributed by atoms with Gasteiger partial charge in [0.25, 0.3) is 11.8 Å². The van der Waals surface area contributed by atoms with Crippen LogP contribution in [0.2, 0.25) is 0 Å². The van der Waals surface area contributed by atoms with Crippen LogP contribution in [0.1, 0.15) is 22.8 Å². The second kappa shape index (κ2) is 7.79. The number of pyridine rings is 1. The highest BCUT2D eigenvalue weighted by Crippen LogP contribution is 2.30. The van der Waals surface area contributed by atoms with E-state index in [-0.39, 0.29) is 24.2 Å². The fourth-order valence-corrected chi connectivity index (χ4v) is 2.34. The van der Waals surface area contributed by atoms with E-state index >= 15 is 0 Å². The highest BCUT2D eigenvalue weighted by molar-refractivity contribution is 5.97. The third-order valence-electron chi connectivity index (χ3n) is 3.62. The lowest BCUT2D eigenvalue weighted by molar-refractivity contribution is -0.122. The number of nitrogens with one attached hydrogen (secondary N) is 2. The lowest BCUT2D eigenvalue weighted by Gasteiger charge is -2.23. The lowest BCUT2D eigenvalue weighted by atomic mass is 10.1. The van der Waals surface area contributed by atoms with Crippen LogP contribution >= 0.6 is 12.4 Å². The molecule has 0 saturated heterocycles. The van der Waals surface area contributed by atoms with Gasteiger partial charge in [-0.1, -0.05) is 6.07 Å². The maximum Gasteiger partial charge on any atom is 0.265 e. The minimum Gasteiger partial charge on any atom is -0.479 e. The van der Waals surface area contributed by atoms with Crippen molar-refractivity contribution in [1.82, 2.24) is 10.3 Å². The third kappa shape index (κ3) is 4.02. The summed E-state index contributed by atoms with van der Waals surface area (Å²) in [4.78, 5) is 27.4. The van der Waals surface area contributed by atoms with Gasteiger partial charge in [0, 0.05) is 24.5 Å². The van der Waals surface area contributed by atoms with Crippen LogP contribution in [0.5, 0.6) is 5.75 Å². The van der Waals surface area contributed by atoms with Crippen molar-refractivity contribution in [2.75, 3.05) is 11.9 Å². The summed E-state index contributed by atoms with van der Waals surface area (Å²) in [6.45, 7) is 2.21. The maximum absolute atomic E-state index is 11.9. The predicted molar refractivity (Wildman–Crippen MR) is 92.7 cm³/mol. The van der Waals surface area contributed by atoms with E-state index in [1.54, 1.807) is 31.5 Å². The molecule has 24 heavy (non-hydrogen) atoms. The number of benzene rings is 1. The highest BCUT2D eigenvalue weighted by atomic mass is 35.5. The molecule has 1 aromatic heterocycles. The molecule has 2 aromatic rings. The molecule has 7 heteroatoms. The van der Waals surface area contributed by atoms with Crippen LogP contribution in [0.4, 0.5) is 5.69 Å². The average Bonchev–Trinajstić information content (AvgIpc) is 2.57. The van der Waals surface area contributed by atoms with Crippen LogP contribution in [0, 0.1) is 0 Å². The van der Waals surface area contributed by atoms with E-state index in [1.807, 2.05) is 18.2 Å². The molecule has 0 fully saturated rings. The smallest absolute Gasteiger partial charge is 0.265 e. The van der Waals surface area contributed by atoms with Crippen LogP contribution < -0.4 is 15.4 Å². The van der Waals surface area contributed by atoms with Crippen molar-refractivity contribution in [3.05, 3.63) is 53.9 Å². The van der Waals surface area contributed by atoms with Crippen molar-refractivity contribution in [3.63, 3.8) is 0 Å². The summed E-state index contributed by atoms with van der Waals surface area (Å²) in [5.74, 6) is 0.387. The Morgan fingerprint density at radius 2 is 2.04 bits per heavy atom. The van der Waals surface area contributed by atoms with E-state index in [9.17, 15) is 9.59 Å². The fourth-order valence-electron chi connectivity index (χ4n) is 2.34. The number of halogens is 1. The summed E-state index contributed by atoms with van der Waals surface area (Å²) in [5.41, 5.74) is 2.27. The van der Waals surface area contributed by atoms with Crippen molar-refractivity contribution in [2.24, 2.45) is 0 Å². The average molecular weight is 348 g/mol. The number of anilines is 1. The molecule has 2 heterocycles. The Labute approximate surface area is 146 Å². The Kier molecular flexibility index (Phi) is 5.76. The molecule has 6 nitrogen and oxygen atoms in total. The zero-order valence-corrected chi connectivity index (χ0v) is 13.9. The summed E-state index contributed by atoms with van der Waals surface area (Å²) in [6.07, 6.45) is 3.35. The van der Waals surface area contributed by atoms with Gasteiger partial charge in [0.2, 0.25) is 0 Å². The van der Waals surface area contributed by atoms with Crippen molar-refractivity contribution in [1.29, 1.82) is 0 Å². The van der Waals surface area contributed by atoms with Crippen molar-refractivity contribution >= 4 is 29.9 Å². The SMILES string of the molecule is CC1Oc2ccc(CCNC(=O)c3ccncc3)cc2NC1=O.Cl. The number of carbonyl (C=O) groups excluding carboxylic acids is 2. The van der Waals surface area contributed by atoms with Gasteiger partial charge in [0.1, 0.15) is 5.75 Å². The van der Waals surface area contributed by atoms with Crippen molar-refractivity contribution in [3.8, 4) is 5.75 Å². The van der Waals surface area contributed by atoms with E-state index in [0.717, 1.165) is 5.56 Å². The first-order chi connectivity index (χ1) is 11.1. The normalized spacial score (nSPS) is 15.4. The number of hydrogen-bond acceptors (Lipinski definition) is 4. The summed E-state index contributed by atoms with van der Waals surface area (Å²) in [5, 5.41) is 5.67. The molecule has 1 aliphatic heterocycles. The van der Waals surface area contributed by atoms with Gasteiger partial charge in [0.15, 0.2) is 6.10 Å². The number of rotatable bonds is 4. The van der Waals surface area contributed by atoms with Crippen molar-refractivity contribution < 1.29 is 14.3 Å². The monoisotopic (exact) mass is 347 g/mol. The summed E-state index contributed by atoms with van der Waals surface area (Å²) in [7, 11) is 0. The molecule has 1 aliphatic rings. The molecular formula is C17H18ClN3O3. The van der Waals surface area contributed by atoms with Gasteiger partial charge in [-0.05, 0) is 43.2 Å².